The summed E-state index contributed by atoms with van der Waals surface area (Å²) in [6.45, 7) is 6.42. The minimum Gasteiger partial charge on any atom is -0.462 e. The van der Waals surface area contributed by atoms with Crippen molar-refractivity contribution in [2.24, 2.45) is 0 Å². The van der Waals surface area contributed by atoms with Gasteiger partial charge in [-0.3, -0.25) is 14.4 Å². The molecule has 6 nitrogen and oxygen atoms in total. The molecule has 0 heterocycles. The van der Waals surface area contributed by atoms with Crippen LogP contribution in [0.1, 0.15) is 342 Å². The molecule has 0 aromatic carbocycles. The average molecular weight is 1130 g/mol. The largest absolute Gasteiger partial charge is 0.462 e. The van der Waals surface area contributed by atoms with Crippen molar-refractivity contribution in [1.29, 1.82) is 0 Å². The van der Waals surface area contributed by atoms with E-state index in [2.05, 4.69) is 118 Å². The number of esters is 3. The van der Waals surface area contributed by atoms with Crippen molar-refractivity contribution in [3.63, 3.8) is 0 Å². The van der Waals surface area contributed by atoms with Crippen LogP contribution in [0.15, 0.2) is 97.2 Å². The highest BCUT2D eigenvalue weighted by Gasteiger charge is 2.19. The van der Waals surface area contributed by atoms with Crippen LogP contribution < -0.4 is 0 Å². The Morgan fingerprint density at radius 2 is 0.481 bits per heavy atom. The highest BCUT2D eigenvalue weighted by atomic mass is 16.6. The standard InChI is InChI=1S/C75H130O6/c1-4-7-10-13-16-19-22-24-26-28-29-30-31-32-33-34-35-36-37-38-39-40-41-42-43-44-45-47-48-50-53-56-59-62-65-68-74(77)80-71-72(70-79-73(76)67-64-61-58-55-52-21-18-15-12-9-6-3)81-75(78)69-66-63-60-57-54-51-49-46-27-25-23-20-17-14-11-8-5-2/h7-8,10-11,16-17,19-20,24-27,29-30,49,51,72H,4-6,9,12-15,18,21-23,28,31-48,50,52-71H2,1-3H3/b10-7-,11-8-,19-16-,20-17-,26-24-,27-25-,30-29-,51-49-. The second-order valence-corrected chi connectivity index (χ2v) is 23.0. The van der Waals surface area contributed by atoms with Crippen LogP contribution in [0.2, 0.25) is 0 Å². The molecular weight excluding hydrogens is 997 g/mol. The van der Waals surface area contributed by atoms with Gasteiger partial charge in [-0.1, -0.05) is 323 Å². The van der Waals surface area contributed by atoms with Gasteiger partial charge in [-0.25, -0.2) is 0 Å². The van der Waals surface area contributed by atoms with Crippen molar-refractivity contribution in [1.82, 2.24) is 0 Å². The smallest absolute Gasteiger partial charge is 0.306 e. The Kier molecular flexibility index (Phi) is 65.7. The lowest BCUT2D eigenvalue weighted by Gasteiger charge is -2.18. The second kappa shape index (κ2) is 68.8. The molecule has 466 valence electrons. The minimum absolute atomic E-state index is 0.0823. The fourth-order valence-electron chi connectivity index (χ4n) is 9.96. The van der Waals surface area contributed by atoms with Crippen LogP contribution in [0, 0.1) is 0 Å². The molecule has 0 amide bonds. The molecule has 0 aliphatic heterocycles. The van der Waals surface area contributed by atoms with Gasteiger partial charge in [0.25, 0.3) is 0 Å². The van der Waals surface area contributed by atoms with Crippen LogP contribution in [-0.2, 0) is 28.6 Å². The fraction of sp³-hybridized carbons (Fsp3) is 0.747. The van der Waals surface area contributed by atoms with Crippen molar-refractivity contribution in [3.8, 4) is 0 Å². The van der Waals surface area contributed by atoms with Gasteiger partial charge in [-0.05, 0) is 96.3 Å². The first-order chi connectivity index (χ1) is 40.0. The van der Waals surface area contributed by atoms with Gasteiger partial charge in [-0.2, -0.15) is 0 Å². The maximum Gasteiger partial charge on any atom is 0.306 e. The Morgan fingerprint density at radius 1 is 0.259 bits per heavy atom. The quantitative estimate of drug-likeness (QED) is 0.0261. The molecule has 0 aromatic heterocycles. The number of hydrogen-bond acceptors (Lipinski definition) is 6. The van der Waals surface area contributed by atoms with E-state index in [9.17, 15) is 14.4 Å². The van der Waals surface area contributed by atoms with Gasteiger partial charge in [0, 0.05) is 19.3 Å². The Bertz CT molecular complexity index is 1580. The van der Waals surface area contributed by atoms with Gasteiger partial charge >= 0.3 is 17.9 Å². The van der Waals surface area contributed by atoms with E-state index in [4.69, 9.17) is 14.2 Å². The summed E-state index contributed by atoms with van der Waals surface area (Å²) in [5.41, 5.74) is 0. The fourth-order valence-corrected chi connectivity index (χ4v) is 9.96. The molecule has 0 spiro atoms. The second-order valence-electron chi connectivity index (χ2n) is 23.0. The van der Waals surface area contributed by atoms with Gasteiger partial charge in [0.1, 0.15) is 13.2 Å². The molecule has 0 saturated carbocycles. The highest BCUT2D eigenvalue weighted by molar-refractivity contribution is 5.71. The van der Waals surface area contributed by atoms with E-state index in [1.54, 1.807) is 0 Å². The van der Waals surface area contributed by atoms with Gasteiger partial charge in [0.15, 0.2) is 6.10 Å². The van der Waals surface area contributed by atoms with Crippen molar-refractivity contribution in [2.45, 2.75) is 348 Å². The summed E-state index contributed by atoms with van der Waals surface area (Å²) < 4.78 is 16.9. The van der Waals surface area contributed by atoms with Crippen LogP contribution >= 0.6 is 0 Å². The summed E-state index contributed by atoms with van der Waals surface area (Å²) >= 11 is 0. The molecule has 6 heteroatoms. The van der Waals surface area contributed by atoms with Gasteiger partial charge in [-0.15, -0.1) is 0 Å². The molecule has 0 fully saturated rings. The van der Waals surface area contributed by atoms with E-state index in [1.807, 2.05) is 0 Å². The van der Waals surface area contributed by atoms with Crippen LogP contribution in [-0.4, -0.2) is 37.2 Å². The van der Waals surface area contributed by atoms with Gasteiger partial charge in [0.2, 0.25) is 0 Å². The third-order valence-corrected chi connectivity index (χ3v) is 15.1. The lowest BCUT2D eigenvalue weighted by Crippen LogP contribution is -2.30. The van der Waals surface area contributed by atoms with Crippen LogP contribution in [0.25, 0.3) is 0 Å². The summed E-state index contributed by atoms with van der Waals surface area (Å²) in [5, 5.41) is 0. The monoisotopic (exact) mass is 1130 g/mol. The first-order valence-corrected chi connectivity index (χ1v) is 34.7. The first-order valence-electron chi connectivity index (χ1n) is 34.7. The zero-order valence-corrected chi connectivity index (χ0v) is 53.5. The van der Waals surface area contributed by atoms with Gasteiger partial charge < -0.3 is 14.2 Å². The van der Waals surface area contributed by atoms with E-state index < -0.39 is 6.10 Å². The molecule has 81 heavy (non-hydrogen) atoms. The number of unbranched alkanes of at least 4 members (excludes halogenated alkanes) is 36. The minimum atomic E-state index is -0.787. The molecule has 0 aromatic rings. The van der Waals surface area contributed by atoms with Crippen LogP contribution in [0.3, 0.4) is 0 Å². The molecule has 1 atom stereocenters. The Balaban J connectivity index is 4.09. The molecule has 1 unspecified atom stereocenters. The van der Waals surface area contributed by atoms with E-state index >= 15 is 0 Å². The summed E-state index contributed by atoms with van der Waals surface area (Å²) in [7, 11) is 0. The predicted molar refractivity (Wildman–Crippen MR) is 353 cm³/mol. The number of ether oxygens (including phenoxy) is 3. The van der Waals surface area contributed by atoms with E-state index in [1.165, 1.54) is 180 Å². The molecule has 0 aliphatic carbocycles. The number of carbonyl (C=O) groups excluding carboxylic acids is 3. The number of rotatable bonds is 63. The summed E-state index contributed by atoms with van der Waals surface area (Å²) in [5.74, 6) is -0.891. The molecule has 0 N–H and O–H groups in total. The third kappa shape index (κ3) is 67.0. The van der Waals surface area contributed by atoms with E-state index in [-0.39, 0.29) is 31.1 Å². The van der Waals surface area contributed by atoms with E-state index in [0.29, 0.717) is 19.3 Å². The van der Waals surface area contributed by atoms with Crippen LogP contribution in [0.5, 0.6) is 0 Å². The molecule has 0 bridgehead atoms. The molecular formula is C75H130O6. The molecule has 0 saturated heterocycles. The maximum atomic E-state index is 12.9. The third-order valence-electron chi connectivity index (χ3n) is 15.1. The Morgan fingerprint density at radius 3 is 0.753 bits per heavy atom. The highest BCUT2D eigenvalue weighted by Crippen LogP contribution is 2.18. The molecule has 0 rings (SSSR count). The first kappa shape index (κ1) is 77.3. The Hall–Kier alpha value is -3.67. The van der Waals surface area contributed by atoms with E-state index in [0.717, 1.165) is 122 Å². The van der Waals surface area contributed by atoms with Crippen molar-refractivity contribution < 1.29 is 28.6 Å². The van der Waals surface area contributed by atoms with Crippen LogP contribution in [0.4, 0.5) is 0 Å². The summed E-state index contributed by atoms with van der Waals surface area (Å²) in [4.78, 5) is 38.3. The average Bonchev–Trinajstić information content (AvgIpc) is 3.47. The number of carbonyl (C=O) groups is 3. The van der Waals surface area contributed by atoms with Gasteiger partial charge in [0.05, 0.1) is 0 Å². The topological polar surface area (TPSA) is 78.9 Å². The van der Waals surface area contributed by atoms with Crippen molar-refractivity contribution in [3.05, 3.63) is 97.2 Å². The van der Waals surface area contributed by atoms with Crippen molar-refractivity contribution in [2.75, 3.05) is 13.2 Å². The maximum absolute atomic E-state index is 12.9. The molecule has 0 radical (unpaired) electrons. The SMILES string of the molecule is CC/C=C\C/C=C\C/C=C\C/C=C\CCCCCCCCCCCCCCCCCCCCCCCCC(=O)OCC(COC(=O)CCCCCCCCCCCCC)OC(=O)CCCCCC/C=C\C/C=C\C/C=C\C/C=C\CC. The number of hydrogen-bond donors (Lipinski definition) is 0. The zero-order valence-electron chi connectivity index (χ0n) is 53.5. The molecule has 0 aliphatic rings. The summed E-state index contributed by atoms with van der Waals surface area (Å²) in [6.07, 6.45) is 93.1. The lowest BCUT2D eigenvalue weighted by atomic mass is 10.0. The number of allylic oxidation sites excluding steroid dienone is 16. The zero-order chi connectivity index (χ0) is 58.5. The van der Waals surface area contributed by atoms with Crippen molar-refractivity contribution >= 4 is 17.9 Å². The Labute approximate surface area is 502 Å². The lowest BCUT2D eigenvalue weighted by molar-refractivity contribution is -0.167. The summed E-state index contributed by atoms with van der Waals surface area (Å²) in [6, 6.07) is 0. The predicted octanol–water partition coefficient (Wildman–Crippen LogP) is 24.0. The normalized spacial score (nSPS) is 12.7.